The molecule has 3 unspecified atom stereocenters. The number of hydrogen-bond acceptors (Lipinski definition) is 3. The Labute approximate surface area is 204 Å². The lowest BCUT2D eigenvalue weighted by Gasteiger charge is -2.37. The Morgan fingerprint density at radius 1 is 0.970 bits per heavy atom. The molecule has 0 amide bonds. The largest absolute Gasteiger partial charge is 0.491 e. The van der Waals surface area contributed by atoms with Gasteiger partial charge < -0.3 is 14.6 Å². The van der Waals surface area contributed by atoms with E-state index in [1.165, 1.54) is 62.5 Å². The van der Waals surface area contributed by atoms with Crippen molar-refractivity contribution in [1.82, 2.24) is 0 Å². The highest BCUT2D eigenvalue weighted by molar-refractivity contribution is 5.53. The normalized spacial score (nSPS) is 19.8. The lowest BCUT2D eigenvalue weighted by molar-refractivity contribution is 0.0519. The summed E-state index contributed by atoms with van der Waals surface area (Å²) in [7, 11) is 0. The smallest absolute Gasteiger partial charge is 0.125 e. The minimum Gasteiger partial charge on any atom is -0.491 e. The SMILES string of the molecule is Cc1cc2c(c(C)c1OCCO)CCC(C)(CCCC(C)CCCC(C)CCCC(C)C)O2. The Hall–Kier alpha value is -1.22. The monoisotopic (exact) mass is 460 g/mol. The molecule has 0 fully saturated rings. The molecule has 3 atom stereocenters. The van der Waals surface area contributed by atoms with E-state index in [1.807, 2.05) is 0 Å². The standard InChI is InChI=1S/C30H52O3/c1-22(2)11-8-12-23(3)13-9-14-24(4)15-10-17-30(7)18-16-27-26(6)29(32-20-19-31)25(5)21-28(27)33-30/h21-24,31H,8-20H2,1-7H3. The van der Waals surface area contributed by atoms with Gasteiger partial charge in [0.05, 0.1) is 6.61 Å². The molecule has 1 aromatic rings. The second kappa shape index (κ2) is 13.6. The van der Waals surface area contributed by atoms with Gasteiger partial charge in [0.15, 0.2) is 0 Å². The maximum Gasteiger partial charge on any atom is 0.125 e. The molecule has 1 aliphatic rings. The van der Waals surface area contributed by atoms with Crippen LogP contribution in [0, 0.1) is 31.6 Å². The van der Waals surface area contributed by atoms with E-state index in [0.29, 0.717) is 6.61 Å². The molecular weight excluding hydrogens is 408 g/mol. The van der Waals surface area contributed by atoms with E-state index in [1.54, 1.807) is 0 Å². The Balaban J connectivity index is 1.74. The molecule has 1 N–H and O–H groups in total. The van der Waals surface area contributed by atoms with Crippen molar-refractivity contribution in [3.63, 3.8) is 0 Å². The summed E-state index contributed by atoms with van der Waals surface area (Å²) < 4.78 is 12.4. The van der Waals surface area contributed by atoms with E-state index in [2.05, 4.69) is 54.5 Å². The van der Waals surface area contributed by atoms with E-state index < -0.39 is 0 Å². The van der Waals surface area contributed by atoms with Crippen LogP contribution in [0.2, 0.25) is 0 Å². The number of aliphatic hydroxyl groups excluding tert-OH is 1. The molecule has 1 heterocycles. The number of benzene rings is 1. The number of rotatable bonds is 15. The molecular formula is C30H52O3. The molecule has 3 nitrogen and oxygen atoms in total. The van der Waals surface area contributed by atoms with Crippen LogP contribution in [0.4, 0.5) is 0 Å². The van der Waals surface area contributed by atoms with Gasteiger partial charge in [0.25, 0.3) is 0 Å². The zero-order chi connectivity index (χ0) is 24.4. The lowest BCUT2D eigenvalue weighted by atomic mass is 9.85. The Kier molecular flexibility index (Phi) is 11.6. The van der Waals surface area contributed by atoms with Crippen molar-refractivity contribution < 1.29 is 14.6 Å². The van der Waals surface area contributed by atoms with Crippen LogP contribution in [0.1, 0.15) is 116 Å². The van der Waals surface area contributed by atoms with Crippen LogP contribution >= 0.6 is 0 Å². The topological polar surface area (TPSA) is 38.7 Å². The molecule has 0 radical (unpaired) electrons. The summed E-state index contributed by atoms with van der Waals surface area (Å²) >= 11 is 0. The van der Waals surface area contributed by atoms with Crippen molar-refractivity contribution in [3.8, 4) is 11.5 Å². The quantitative estimate of drug-likeness (QED) is 0.287. The zero-order valence-corrected chi connectivity index (χ0v) is 22.8. The van der Waals surface area contributed by atoms with Gasteiger partial charge in [0.1, 0.15) is 23.7 Å². The minimum absolute atomic E-state index is 0.0419. The summed E-state index contributed by atoms with van der Waals surface area (Å²) in [6, 6.07) is 2.14. The maximum atomic E-state index is 9.11. The van der Waals surface area contributed by atoms with Crippen LogP contribution < -0.4 is 9.47 Å². The Morgan fingerprint density at radius 2 is 1.58 bits per heavy atom. The molecule has 33 heavy (non-hydrogen) atoms. The second-order valence-electron chi connectivity index (χ2n) is 11.6. The predicted octanol–water partition coefficient (Wildman–Crippen LogP) is 8.20. The van der Waals surface area contributed by atoms with Crippen molar-refractivity contribution in [3.05, 3.63) is 22.8 Å². The molecule has 0 spiro atoms. The highest BCUT2D eigenvalue weighted by Crippen LogP contribution is 2.42. The van der Waals surface area contributed by atoms with Crippen LogP contribution in [-0.4, -0.2) is 23.9 Å². The van der Waals surface area contributed by atoms with Crippen LogP contribution in [-0.2, 0) is 6.42 Å². The number of hydrogen-bond donors (Lipinski definition) is 1. The summed E-state index contributed by atoms with van der Waals surface area (Å²) in [6.45, 7) is 16.4. The molecule has 3 heteroatoms. The predicted molar refractivity (Wildman–Crippen MR) is 141 cm³/mol. The molecule has 0 bridgehead atoms. The molecule has 0 saturated heterocycles. The molecule has 0 saturated carbocycles. The molecule has 1 aliphatic heterocycles. The fraction of sp³-hybridized carbons (Fsp3) is 0.800. The number of aliphatic hydroxyl groups is 1. The van der Waals surface area contributed by atoms with Gasteiger partial charge in [0, 0.05) is 5.56 Å². The molecule has 2 rings (SSSR count). The van der Waals surface area contributed by atoms with E-state index in [-0.39, 0.29) is 12.2 Å². The average Bonchev–Trinajstić information content (AvgIpc) is 2.73. The zero-order valence-electron chi connectivity index (χ0n) is 22.8. The highest BCUT2D eigenvalue weighted by atomic mass is 16.5. The van der Waals surface area contributed by atoms with Gasteiger partial charge in [-0.2, -0.15) is 0 Å². The van der Waals surface area contributed by atoms with Gasteiger partial charge in [0.2, 0.25) is 0 Å². The van der Waals surface area contributed by atoms with E-state index >= 15 is 0 Å². The third-order valence-electron chi connectivity index (χ3n) is 7.67. The third kappa shape index (κ3) is 9.15. The van der Waals surface area contributed by atoms with Crippen molar-refractivity contribution in [2.24, 2.45) is 17.8 Å². The molecule has 0 aromatic heterocycles. The van der Waals surface area contributed by atoms with Gasteiger partial charge in [-0.3, -0.25) is 0 Å². The van der Waals surface area contributed by atoms with Crippen LogP contribution in [0.5, 0.6) is 11.5 Å². The van der Waals surface area contributed by atoms with Crippen molar-refractivity contribution in [2.75, 3.05) is 13.2 Å². The average molecular weight is 461 g/mol. The Morgan fingerprint density at radius 3 is 2.18 bits per heavy atom. The van der Waals surface area contributed by atoms with Gasteiger partial charge in [-0.1, -0.05) is 72.6 Å². The molecule has 190 valence electrons. The molecule has 0 aliphatic carbocycles. The molecule has 1 aromatic carbocycles. The van der Waals surface area contributed by atoms with E-state index in [9.17, 15) is 0 Å². The van der Waals surface area contributed by atoms with Crippen molar-refractivity contribution in [2.45, 2.75) is 125 Å². The van der Waals surface area contributed by atoms with Gasteiger partial charge in [-0.15, -0.1) is 0 Å². The summed E-state index contributed by atoms with van der Waals surface area (Å²) in [5, 5.41) is 9.11. The van der Waals surface area contributed by atoms with Gasteiger partial charge in [-0.25, -0.2) is 0 Å². The third-order valence-corrected chi connectivity index (χ3v) is 7.67. The summed E-state index contributed by atoms with van der Waals surface area (Å²) in [5.74, 6) is 4.49. The first kappa shape index (κ1) is 28.0. The number of fused-ring (bicyclic) bond motifs is 1. The van der Waals surface area contributed by atoms with Crippen molar-refractivity contribution >= 4 is 0 Å². The first-order chi connectivity index (χ1) is 15.6. The van der Waals surface area contributed by atoms with E-state index in [0.717, 1.165) is 54.1 Å². The summed E-state index contributed by atoms with van der Waals surface area (Å²) in [4.78, 5) is 0. The first-order valence-corrected chi connectivity index (χ1v) is 13.7. The fourth-order valence-corrected chi connectivity index (χ4v) is 5.42. The summed E-state index contributed by atoms with van der Waals surface area (Å²) in [5.41, 5.74) is 3.48. The summed E-state index contributed by atoms with van der Waals surface area (Å²) in [6.07, 6.45) is 14.1. The lowest BCUT2D eigenvalue weighted by Crippen LogP contribution is -2.36. The maximum absolute atomic E-state index is 9.11. The van der Waals surface area contributed by atoms with Crippen molar-refractivity contribution in [1.29, 1.82) is 0 Å². The highest BCUT2D eigenvalue weighted by Gasteiger charge is 2.33. The van der Waals surface area contributed by atoms with Gasteiger partial charge in [-0.05, 0) is 81.4 Å². The van der Waals surface area contributed by atoms with Gasteiger partial charge >= 0.3 is 0 Å². The first-order valence-electron chi connectivity index (χ1n) is 13.7. The van der Waals surface area contributed by atoms with Crippen LogP contribution in [0.3, 0.4) is 0 Å². The minimum atomic E-state index is -0.0655. The fourth-order valence-electron chi connectivity index (χ4n) is 5.42. The van der Waals surface area contributed by atoms with Crippen LogP contribution in [0.25, 0.3) is 0 Å². The Bertz CT molecular complexity index is 711. The number of ether oxygens (including phenoxy) is 2. The van der Waals surface area contributed by atoms with E-state index in [4.69, 9.17) is 14.6 Å². The second-order valence-corrected chi connectivity index (χ2v) is 11.6. The van der Waals surface area contributed by atoms with Crippen LogP contribution in [0.15, 0.2) is 6.07 Å². The number of aryl methyl sites for hydroxylation is 1.